The van der Waals surface area contributed by atoms with Gasteiger partial charge >= 0.3 is 6.09 Å². The standard InChI is InChI=1S/C28H28FN7O3/c1-17(2)36-26(32-33-34-36)24-10-7-11-25(30-24)31-27(37)22-15-21-18(3)35(13-12-20(21)14-23(22)29)28(38)39-16-19-8-5-4-6-9-19/h4-11,14-15,17-18H,12-13,16H2,1-3H3,(H,30,31,37). The molecule has 10 nitrogen and oxygen atoms in total. The van der Waals surface area contributed by atoms with Crippen LogP contribution in [0.5, 0.6) is 0 Å². The van der Waals surface area contributed by atoms with Gasteiger partial charge < -0.3 is 15.0 Å². The Morgan fingerprint density at radius 2 is 1.92 bits per heavy atom. The number of rotatable bonds is 6. The number of benzene rings is 2. The van der Waals surface area contributed by atoms with Crippen molar-refractivity contribution in [3.05, 3.63) is 88.7 Å². The SMILES string of the molecule is CC1c2cc(C(=O)Nc3cccc(-c4nnnn4C(C)C)n3)c(F)cc2CCN1C(=O)OCc1ccccc1. The van der Waals surface area contributed by atoms with E-state index in [4.69, 9.17) is 4.74 Å². The highest BCUT2D eigenvalue weighted by atomic mass is 19.1. The summed E-state index contributed by atoms with van der Waals surface area (Å²) >= 11 is 0. The van der Waals surface area contributed by atoms with Crippen molar-refractivity contribution in [3.63, 3.8) is 0 Å². The van der Waals surface area contributed by atoms with Crippen molar-refractivity contribution in [2.75, 3.05) is 11.9 Å². The molecule has 0 bridgehead atoms. The second-order valence-corrected chi connectivity index (χ2v) is 9.59. The second kappa shape index (κ2) is 11.0. The van der Waals surface area contributed by atoms with E-state index in [1.165, 1.54) is 12.1 Å². The number of carbonyl (C=O) groups excluding carboxylic acids is 2. The van der Waals surface area contributed by atoms with Gasteiger partial charge in [0.2, 0.25) is 5.82 Å². The fraction of sp³-hybridized carbons (Fsp3) is 0.286. The number of amides is 2. The summed E-state index contributed by atoms with van der Waals surface area (Å²) in [6.45, 7) is 6.26. The number of carbonyl (C=O) groups is 2. The van der Waals surface area contributed by atoms with E-state index < -0.39 is 23.9 Å². The number of tetrazole rings is 1. The maximum Gasteiger partial charge on any atom is 0.410 e. The molecule has 2 aromatic carbocycles. The number of pyridine rings is 1. The Morgan fingerprint density at radius 1 is 1.13 bits per heavy atom. The molecule has 4 aromatic rings. The van der Waals surface area contributed by atoms with Gasteiger partial charge in [0.25, 0.3) is 5.91 Å². The Bertz CT molecular complexity index is 1510. The van der Waals surface area contributed by atoms with Gasteiger partial charge in [0.05, 0.1) is 17.6 Å². The van der Waals surface area contributed by atoms with Gasteiger partial charge in [-0.3, -0.25) is 4.79 Å². The van der Waals surface area contributed by atoms with E-state index in [1.54, 1.807) is 27.8 Å². The number of fused-ring (bicyclic) bond motifs is 1. The van der Waals surface area contributed by atoms with E-state index in [0.29, 0.717) is 30.0 Å². The molecule has 200 valence electrons. The summed E-state index contributed by atoms with van der Waals surface area (Å²) in [6.07, 6.45) is -0.00955. The van der Waals surface area contributed by atoms with Crippen LogP contribution in [0.15, 0.2) is 60.7 Å². The number of nitrogens with zero attached hydrogens (tertiary/aromatic N) is 6. The summed E-state index contributed by atoms with van der Waals surface area (Å²) in [5.74, 6) is -0.612. The minimum Gasteiger partial charge on any atom is -0.445 e. The fourth-order valence-electron chi connectivity index (χ4n) is 4.59. The lowest BCUT2D eigenvalue weighted by Gasteiger charge is -2.34. The first-order valence-electron chi connectivity index (χ1n) is 12.7. The van der Waals surface area contributed by atoms with Crippen molar-refractivity contribution in [3.8, 4) is 11.5 Å². The summed E-state index contributed by atoms with van der Waals surface area (Å²) in [5.41, 5.74) is 2.66. The lowest BCUT2D eigenvalue weighted by Crippen LogP contribution is -2.39. The van der Waals surface area contributed by atoms with E-state index >= 15 is 4.39 Å². The Balaban J connectivity index is 1.33. The molecule has 1 aliphatic heterocycles. The van der Waals surface area contributed by atoms with Gasteiger partial charge in [-0.15, -0.1) is 5.10 Å². The van der Waals surface area contributed by atoms with Crippen LogP contribution in [0.25, 0.3) is 11.5 Å². The van der Waals surface area contributed by atoms with E-state index in [9.17, 15) is 9.59 Å². The summed E-state index contributed by atoms with van der Waals surface area (Å²) in [7, 11) is 0. The van der Waals surface area contributed by atoms with Crippen LogP contribution in [0.3, 0.4) is 0 Å². The number of aromatic nitrogens is 5. The molecule has 0 fully saturated rings. The van der Waals surface area contributed by atoms with Crippen LogP contribution in [0.4, 0.5) is 15.0 Å². The fourth-order valence-corrected chi connectivity index (χ4v) is 4.59. The molecule has 1 atom stereocenters. The van der Waals surface area contributed by atoms with Crippen molar-refractivity contribution in [2.24, 2.45) is 0 Å². The topological polar surface area (TPSA) is 115 Å². The molecule has 11 heteroatoms. The minimum absolute atomic E-state index is 0.0109. The van der Waals surface area contributed by atoms with Crippen LogP contribution in [-0.4, -0.2) is 48.6 Å². The molecule has 0 saturated carbocycles. The second-order valence-electron chi connectivity index (χ2n) is 9.59. The van der Waals surface area contributed by atoms with Crippen LogP contribution in [-0.2, 0) is 17.8 Å². The average molecular weight is 530 g/mol. The monoisotopic (exact) mass is 529 g/mol. The summed E-state index contributed by atoms with van der Waals surface area (Å²) < 4.78 is 22.2. The molecule has 39 heavy (non-hydrogen) atoms. The Morgan fingerprint density at radius 3 is 2.69 bits per heavy atom. The third kappa shape index (κ3) is 5.47. The average Bonchev–Trinajstić information content (AvgIpc) is 3.43. The predicted octanol–water partition coefficient (Wildman–Crippen LogP) is 4.96. The van der Waals surface area contributed by atoms with Crippen LogP contribution in [0.2, 0.25) is 0 Å². The first-order chi connectivity index (χ1) is 18.8. The van der Waals surface area contributed by atoms with E-state index in [0.717, 1.165) is 11.1 Å². The lowest BCUT2D eigenvalue weighted by molar-refractivity contribution is 0.0803. The predicted molar refractivity (Wildman–Crippen MR) is 141 cm³/mol. The molecular weight excluding hydrogens is 501 g/mol. The van der Waals surface area contributed by atoms with Crippen molar-refractivity contribution in [1.82, 2.24) is 30.1 Å². The zero-order chi connectivity index (χ0) is 27.5. The number of halogens is 1. The number of ether oxygens (including phenoxy) is 1. The van der Waals surface area contributed by atoms with E-state index in [2.05, 4.69) is 25.8 Å². The van der Waals surface area contributed by atoms with E-state index in [-0.39, 0.29) is 24.0 Å². The van der Waals surface area contributed by atoms with Crippen LogP contribution in [0, 0.1) is 5.82 Å². The molecule has 1 unspecified atom stereocenters. The van der Waals surface area contributed by atoms with Crippen LogP contribution >= 0.6 is 0 Å². The highest BCUT2D eigenvalue weighted by Crippen LogP contribution is 2.32. The van der Waals surface area contributed by atoms with Gasteiger partial charge in [-0.1, -0.05) is 36.4 Å². The van der Waals surface area contributed by atoms with Gasteiger partial charge in [-0.05, 0) is 78.6 Å². The lowest BCUT2D eigenvalue weighted by atomic mass is 9.91. The highest BCUT2D eigenvalue weighted by Gasteiger charge is 2.31. The Kier molecular flexibility index (Phi) is 7.31. The Hall–Kier alpha value is -4.67. The van der Waals surface area contributed by atoms with Crippen molar-refractivity contribution < 1.29 is 18.7 Å². The zero-order valence-corrected chi connectivity index (χ0v) is 21.8. The molecule has 1 N–H and O–H groups in total. The quantitative estimate of drug-likeness (QED) is 0.375. The third-order valence-corrected chi connectivity index (χ3v) is 6.65. The molecule has 0 spiro atoms. The molecule has 0 aliphatic carbocycles. The third-order valence-electron chi connectivity index (χ3n) is 6.65. The van der Waals surface area contributed by atoms with Gasteiger partial charge in [0, 0.05) is 6.54 Å². The van der Waals surface area contributed by atoms with Gasteiger partial charge in [-0.2, -0.15) is 0 Å². The van der Waals surface area contributed by atoms with Crippen molar-refractivity contribution >= 4 is 17.8 Å². The minimum atomic E-state index is -0.653. The van der Waals surface area contributed by atoms with E-state index in [1.807, 2.05) is 51.1 Å². The maximum atomic E-state index is 15.0. The maximum absolute atomic E-state index is 15.0. The summed E-state index contributed by atoms with van der Waals surface area (Å²) in [4.78, 5) is 32.0. The first-order valence-corrected chi connectivity index (χ1v) is 12.7. The Labute approximate surface area is 224 Å². The summed E-state index contributed by atoms with van der Waals surface area (Å²) in [5, 5.41) is 14.4. The molecule has 2 amide bonds. The van der Waals surface area contributed by atoms with Crippen molar-refractivity contribution in [1.29, 1.82) is 0 Å². The molecule has 3 heterocycles. The largest absolute Gasteiger partial charge is 0.445 e. The van der Waals surface area contributed by atoms with Crippen LogP contribution < -0.4 is 5.32 Å². The van der Waals surface area contributed by atoms with Gasteiger partial charge in [0.15, 0.2) is 0 Å². The number of hydrogen-bond donors (Lipinski definition) is 1. The summed E-state index contributed by atoms with van der Waals surface area (Å²) in [6, 6.07) is 16.9. The number of anilines is 1. The molecule has 5 rings (SSSR count). The molecule has 1 aliphatic rings. The number of nitrogens with one attached hydrogen (secondary N) is 1. The van der Waals surface area contributed by atoms with Gasteiger partial charge in [0.1, 0.15) is 23.9 Å². The molecule has 0 saturated heterocycles. The smallest absolute Gasteiger partial charge is 0.410 e. The zero-order valence-electron chi connectivity index (χ0n) is 21.8. The van der Waals surface area contributed by atoms with Crippen LogP contribution in [0.1, 0.15) is 59.9 Å². The molecular formula is C28H28FN7O3. The highest BCUT2D eigenvalue weighted by molar-refractivity contribution is 6.04. The van der Waals surface area contributed by atoms with Crippen molar-refractivity contribution in [2.45, 2.75) is 45.9 Å². The molecule has 2 aromatic heterocycles. The normalized spacial score (nSPS) is 14.7. The van der Waals surface area contributed by atoms with Gasteiger partial charge in [-0.25, -0.2) is 18.9 Å². The number of hydrogen-bond acceptors (Lipinski definition) is 7. The molecule has 0 radical (unpaired) electrons. The first kappa shape index (κ1) is 26.0.